The predicted octanol–water partition coefficient (Wildman–Crippen LogP) is -0.586. The van der Waals surface area contributed by atoms with Gasteiger partial charge in [-0.3, -0.25) is 19.8 Å². The molecule has 0 unspecified atom stereocenters. The van der Waals surface area contributed by atoms with Crippen LogP contribution in [0.3, 0.4) is 0 Å². The summed E-state index contributed by atoms with van der Waals surface area (Å²) in [4.78, 5) is 57.2. The van der Waals surface area contributed by atoms with E-state index >= 15 is 0 Å². The van der Waals surface area contributed by atoms with Gasteiger partial charge in [0.2, 0.25) is 5.91 Å². The molecule has 0 saturated carbocycles. The molecule has 1 saturated heterocycles. The zero-order valence-electron chi connectivity index (χ0n) is 12.7. The van der Waals surface area contributed by atoms with Crippen molar-refractivity contribution >= 4 is 29.5 Å². The van der Waals surface area contributed by atoms with Crippen molar-refractivity contribution in [2.75, 3.05) is 6.54 Å². The van der Waals surface area contributed by atoms with Gasteiger partial charge >= 0.3 is 12.1 Å². The molecule has 0 radical (unpaired) electrons. The molecule has 0 aromatic heterocycles. The fourth-order valence-electron chi connectivity index (χ4n) is 1.84. The van der Waals surface area contributed by atoms with Crippen LogP contribution >= 0.6 is 0 Å². The van der Waals surface area contributed by atoms with Crippen molar-refractivity contribution in [1.29, 1.82) is 0 Å². The lowest BCUT2D eigenvalue weighted by Gasteiger charge is -2.11. The monoisotopic (exact) mass is 327 g/mol. The van der Waals surface area contributed by atoms with E-state index in [9.17, 15) is 24.0 Å². The lowest BCUT2D eigenvalue weighted by molar-refractivity contribution is -0.125. The summed E-state index contributed by atoms with van der Waals surface area (Å²) in [6.07, 6.45) is 2.05. The van der Waals surface area contributed by atoms with Crippen molar-refractivity contribution in [3.8, 4) is 0 Å². The SMILES string of the molecule is O=C1CCCCC(=O)CCC(=O)NNC(=O)NNC(=O)NCC1. The molecule has 0 atom stereocenters. The zero-order chi connectivity index (χ0) is 17.1. The second kappa shape index (κ2) is 10.1. The molecule has 1 aliphatic heterocycles. The Labute approximate surface area is 133 Å². The summed E-state index contributed by atoms with van der Waals surface area (Å²) in [6, 6.07) is -1.52. The van der Waals surface area contributed by atoms with Crippen molar-refractivity contribution in [1.82, 2.24) is 27.0 Å². The van der Waals surface area contributed by atoms with E-state index in [0.29, 0.717) is 25.7 Å². The number of nitrogens with one attached hydrogen (secondary N) is 5. The molecule has 1 rings (SSSR count). The normalized spacial score (nSPS) is 20.1. The van der Waals surface area contributed by atoms with Crippen molar-refractivity contribution in [3.05, 3.63) is 0 Å². The van der Waals surface area contributed by atoms with Crippen LogP contribution in [0.4, 0.5) is 9.59 Å². The maximum atomic E-state index is 11.6. The third-order valence-corrected chi connectivity index (χ3v) is 3.09. The highest BCUT2D eigenvalue weighted by molar-refractivity contribution is 5.87. The average Bonchev–Trinajstić information content (AvgIpc) is 2.52. The fraction of sp³-hybridized carbons (Fsp3) is 0.615. The molecule has 1 heterocycles. The van der Waals surface area contributed by atoms with E-state index in [1.807, 2.05) is 16.3 Å². The van der Waals surface area contributed by atoms with Gasteiger partial charge < -0.3 is 5.32 Å². The number of amides is 5. The van der Waals surface area contributed by atoms with Crippen molar-refractivity contribution in [2.45, 2.75) is 44.9 Å². The quantitative estimate of drug-likeness (QED) is 0.404. The van der Waals surface area contributed by atoms with Gasteiger partial charge in [-0.25, -0.2) is 25.9 Å². The van der Waals surface area contributed by atoms with Crippen LogP contribution in [-0.4, -0.2) is 36.1 Å². The smallest absolute Gasteiger partial charge is 0.336 e. The van der Waals surface area contributed by atoms with Gasteiger partial charge in [-0.1, -0.05) is 0 Å². The molecule has 0 aromatic carbocycles. The molecule has 0 bridgehead atoms. The first-order valence-corrected chi connectivity index (χ1v) is 7.39. The van der Waals surface area contributed by atoms with Gasteiger partial charge in [0.1, 0.15) is 11.6 Å². The van der Waals surface area contributed by atoms with Crippen LogP contribution in [0, 0.1) is 0 Å². The van der Waals surface area contributed by atoms with Crippen LogP contribution in [0.15, 0.2) is 0 Å². The Kier molecular flexibility index (Phi) is 8.11. The lowest BCUT2D eigenvalue weighted by atomic mass is 10.1. The van der Waals surface area contributed by atoms with Crippen molar-refractivity contribution in [2.24, 2.45) is 0 Å². The van der Waals surface area contributed by atoms with Crippen molar-refractivity contribution in [3.63, 3.8) is 0 Å². The Morgan fingerprint density at radius 3 is 1.83 bits per heavy atom. The summed E-state index contributed by atoms with van der Waals surface area (Å²) >= 11 is 0. The second-order valence-electron chi connectivity index (χ2n) is 5.04. The summed E-state index contributed by atoms with van der Waals surface area (Å²) in [5.41, 5.74) is 8.17. The van der Waals surface area contributed by atoms with E-state index < -0.39 is 18.0 Å². The van der Waals surface area contributed by atoms with Gasteiger partial charge in [0.15, 0.2) is 0 Å². The number of ketones is 2. The minimum atomic E-state index is -0.850. The van der Waals surface area contributed by atoms with Crippen LogP contribution < -0.4 is 27.0 Å². The number of urea groups is 2. The van der Waals surface area contributed by atoms with Gasteiger partial charge in [0.25, 0.3) is 0 Å². The fourth-order valence-corrected chi connectivity index (χ4v) is 1.84. The topological polar surface area (TPSA) is 146 Å². The first kappa shape index (κ1) is 18.4. The van der Waals surface area contributed by atoms with Gasteiger partial charge in [0, 0.05) is 38.6 Å². The molecule has 0 aromatic rings. The number of hydrogen-bond acceptors (Lipinski definition) is 5. The summed E-state index contributed by atoms with van der Waals surface area (Å²) in [5, 5.41) is 2.40. The molecule has 1 fully saturated rings. The third-order valence-electron chi connectivity index (χ3n) is 3.09. The van der Waals surface area contributed by atoms with E-state index in [4.69, 9.17) is 0 Å². The van der Waals surface area contributed by atoms with Crippen LogP contribution in [0.1, 0.15) is 44.9 Å². The summed E-state index contributed by atoms with van der Waals surface area (Å²) < 4.78 is 0. The van der Waals surface area contributed by atoms with Crippen LogP contribution in [0.5, 0.6) is 0 Å². The first-order chi connectivity index (χ1) is 11.0. The van der Waals surface area contributed by atoms with Crippen LogP contribution in [-0.2, 0) is 14.4 Å². The van der Waals surface area contributed by atoms with Crippen LogP contribution in [0.25, 0.3) is 0 Å². The maximum Gasteiger partial charge on any atom is 0.352 e. The molecule has 10 nitrogen and oxygen atoms in total. The summed E-state index contributed by atoms with van der Waals surface area (Å²) in [7, 11) is 0. The molecule has 5 N–H and O–H groups in total. The lowest BCUT2D eigenvalue weighted by Crippen LogP contribution is -2.54. The van der Waals surface area contributed by atoms with Gasteiger partial charge in [-0.05, 0) is 12.8 Å². The van der Waals surface area contributed by atoms with E-state index in [-0.39, 0.29) is 37.4 Å². The summed E-state index contributed by atoms with van der Waals surface area (Å²) in [5.74, 6) is -0.592. The van der Waals surface area contributed by atoms with Gasteiger partial charge in [0.05, 0.1) is 0 Å². The largest absolute Gasteiger partial charge is 0.352 e. The predicted molar refractivity (Wildman–Crippen MR) is 78.7 cm³/mol. The van der Waals surface area contributed by atoms with Gasteiger partial charge in [-0.2, -0.15) is 0 Å². The molecular formula is C13H21N5O5. The highest BCUT2D eigenvalue weighted by Gasteiger charge is 2.10. The molecule has 0 spiro atoms. The van der Waals surface area contributed by atoms with Gasteiger partial charge in [-0.15, -0.1) is 0 Å². The second-order valence-corrected chi connectivity index (χ2v) is 5.04. The minimum absolute atomic E-state index is 0.0102. The summed E-state index contributed by atoms with van der Waals surface area (Å²) in [6.45, 7) is 0.142. The molecule has 1 aliphatic rings. The molecule has 5 amide bonds. The molecule has 10 heteroatoms. The number of rotatable bonds is 0. The Balaban J connectivity index is 2.48. The number of Topliss-reactive ketones (excluding diaryl/α,β-unsaturated/α-hetero) is 2. The van der Waals surface area contributed by atoms with Crippen LogP contribution in [0.2, 0.25) is 0 Å². The number of carbonyl (C=O) groups excluding carboxylic acids is 5. The molecule has 128 valence electrons. The Bertz CT molecular complexity index is 479. The number of carbonyl (C=O) groups is 5. The Morgan fingerprint density at radius 2 is 1.13 bits per heavy atom. The Hall–Kier alpha value is -2.65. The van der Waals surface area contributed by atoms with Crippen molar-refractivity contribution < 1.29 is 24.0 Å². The zero-order valence-corrected chi connectivity index (χ0v) is 12.7. The van der Waals surface area contributed by atoms with E-state index in [1.165, 1.54) is 0 Å². The van der Waals surface area contributed by atoms with E-state index in [2.05, 4.69) is 10.7 Å². The number of hydrogen-bond donors (Lipinski definition) is 5. The maximum absolute atomic E-state index is 11.6. The van der Waals surface area contributed by atoms with E-state index in [0.717, 1.165) is 0 Å². The highest BCUT2D eigenvalue weighted by atomic mass is 16.2. The standard InChI is InChI=1S/C13H21N5O5/c19-9-3-1-2-4-10(20)7-8-14-12(22)16-18-13(23)17-15-11(21)6-5-9/h1-8H2,(H,15,21)(H2,14,16,22)(H2,17,18,23). The van der Waals surface area contributed by atoms with E-state index in [1.54, 1.807) is 0 Å². The highest BCUT2D eigenvalue weighted by Crippen LogP contribution is 2.05. The Morgan fingerprint density at radius 1 is 0.565 bits per heavy atom. The average molecular weight is 327 g/mol. The molecule has 23 heavy (non-hydrogen) atoms. The molecular weight excluding hydrogens is 306 g/mol. The molecule has 0 aliphatic carbocycles. The number of hydrazine groups is 2. The first-order valence-electron chi connectivity index (χ1n) is 7.39. The third kappa shape index (κ3) is 9.06. The minimum Gasteiger partial charge on any atom is -0.336 e.